The van der Waals surface area contributed by atoms with E-state index in [0.29, 0.717) is 15.6 Å². The summed E-state index contributed by atoms with van der Waals surface area (Å²) in [4.78, 5) is 11.9. The number of nitrogens with zero attached hydrogens (tertiary/aromatic N) is 3. The van der Waals surface area contributed by atoms with Crippen LogP contribution in [0.25, 0.3) is 10.9 Å². The van der Waals surface area contributed by atoms with Crippen molar-refractivity contribution in [3.05, 3.63) is 40.0 Å². The molecule has 0 atom stereocenters. The van der Waals surface area contributed by atoms with Crippen LogP contribution < -0.4 is 0 Å². The highest BCUT2D eigenvalue weighted by molar-refractivity contribution is 7.10. The zero-order valence-corrected chi connectivity index (χ0v) is 11.0. The summed E-state index contributed by atoms with van der Waals surface area (Å²) in [7, 11) is 0. The van der Waals surface area contributed by atoms with E-state index in [-0.39, 0.29) is 6.61 Å². The highest BCUT2D eigenvalue weighted by Gasteiger charge is 2.12. The Morgan fingerprint density at radius 3 is 3.16 bits per heavy atom. The SMILES string of the molecule is O=C(OCc1nnsc1Cl)c1ccc2cn[nH]c2c1. The number of rotatable bonds is 3. The quantitative estimate of drug-likeness (QED) is 0.750. The number of hydrogen-bond donors (Lipinski definition) is 1. The molecule has 2 aromatic heterocycles. The second-order valence-electron chi connectivity index (χ2n) is 3.74. The van der Waals surface area contributed by atoms with Crippen LogP contribution >= 0.6 is 23.1 Å². The van der Waals surface area contributed by atoms with Crippen LogP contribution in [0.1, 0.15) is 16.1 Å². The van der Waals surface area contributed by atoms with E-state index >= 15 is 0 Å². The Hall–Kier alpha value is -1.99. The van der Waals surface area contributed by atoms with Gasteiger partial charge < -0.3 is 4.74 Å². The van der Waals surface area contributed by atoms with Crippen LogP contribution in [0.3, 0.4) is 0 Å². The van der Waals surface area contributed by atoms with E-state index < -0.39 is 5.97 Å². The minimum atomic E-state index is -0.444. The third-order valence-electron chi connectivity index (χ3n) is 2.53. The van der Waals surface area contributed by atoms with Crippen molar-refractivity contribution in [3.63, 3.8) is 0 Å². The average Bonchev–Trinajstić information content (AvgIpc) is 3.03. The molecule has 0 aliphatic carbocycles. The van der Waals surface area contributed by atoms with Crippen molar-refractivity contribution in [2.45, 2.75) is 6.61 Å². The number of esters is 1. The molecule has 0 unspecified atom stereocenters. The van der Waals surface area contributed by atoms with Crippen molar-refractivity contribution < 1.29 is 9.53 Å². The molecule has 6 nitrogen and oxygen atoms in total. The van der Waals surface area contributed by atoms with Crippen molar-refractivity contribution >= 4 is 40.0 Å². The number of halogens is 1. The van der Waals surface area contributed by atoms with Gasteiger partial charge in [0, 0.05) is 16.9 Å². The molecule has 3 aromatic rings. The summed E-state index contributed by atoms with van der Waals surface area (Å²) in [5, 5.41) is 11.4. The molecule has 0 bridgehead atoms. The van der Waals surface area contributed by atoms with Crippen LogP contribution in [0.2, 0.25) is 4.34 Å². The van der Waals surface area contributed by atoms with Crippen LogP contribution in [0.4, 0.5) is 0 Å². The van der Waals surface area contributed by atoms with Gasteiger partial charge >= 0.3 is 5.97 Å². The number of hydrogen-bond acceptors (Lipinski definition) is 6. The van der Waals surface area contributed by atoms with Crippen LogP contribution in [0, 0.1) is 0 Å². The third-order valence-corrected chi connectivity index (χ3v) is 3.51. The van der Waals surface area contributed by atoms with Gasteiger partial charge in [0.25, 0.3) is 0 Å². The molecule has 3 rings (SSSR count). The van der Waals surface area contributed by atoms with Crippen LogP contribution in [-0.4, -0.2) is 25.8 Å². The lowest BCUT2D eigenvalue weighted by Crippen LogP contribution is -2.05. The largest absolute Gasteiger partial charge is 0.455 e. The van der Waals surface area contributed by atoms with Gasteiger partial charge in [-0.15, -0.1) is 5.10 Å². The van der Waals surface area contributed by atoms with Gasteiger partial charge in [0.1, 0.15) is 16.6 Å². The first-order valence-electron chi connectivity index (χ1n) is 5.31. The molecule has 1 N–H and O–H groups in total. The molecule has 0 aliphatic heterocycles. The van der Waals surface area contributed by atoms with Gasteiger partial charge in [-0.05, 0) is 12.1 Å². The number of benzene rings is 1. The monoisotopic (exact) mass is 294 g/mol. The molecule has 19 heavy (non-hydrogen) atoms. The van der Waals surface area contributed by atoms with Crippen LogP contribution in [0.15, 0.2) is 24.4 Å². The van der Waals surface area contributed by atoms with Crippen molar-refractivity contribution in [1.29, 1.82) is 0 Å². The Morgan fingerprint density at radius 2 is 2.37 bits per heavy atom. The van der Waals surface area contributed by atoms with Gasteiger partial charge in [-0.25, -0.2) is 4.79 Å². The number of carbonyl (C=O) groups is 1. The minimum absolute atomic E-state index is 0.00911. The fourth-order valence-electron chi connectivity index (χ4n) is 1.56. The van der Waals surface area contributed by atoms with Gasteiger partial charge in [0.05, 0.1) is 17.3 Å². The summed E-state index contributed by atoms with van der Waals surface area (Å²) >= 11 is 6.88. The Kier molecular flexibility index (Phi) is 3.14. The highest BCUT2D eigenvalue weighted by Crippen LogP contribution is 2.19. The first kappa shape index (κ1) is 12.1. The molecular weight excluding hydrogens is 288 g/mol. The number of nitrogens with one attached hydrogen (secondary N) is 1. The third kappa shape index (κ3) is 2.42. The van der Waals surface area contributed by atoms with Crippen molar-refractivity contribution in [2.75, 3.05) is 0 Å². The minimum Gasteiger partial charge on any atom is -0.455 e. The van der Waals surface area contributed by atoms with E-state index in [9.17, 15) is 4.79 Å². The summed E-state index contributed by atoms with van der Waals surface area (Å²) in [6.07, 6.45) is 1.69. The Bertz CT molecular complexity index is 739. The summed E-state index contributed by atoms with van der Waals surface area (Å²) in [5.74, 6) is -0.444. The van der Waals surface area contributed by atoms with E-state index in [0.717, 1.165) is 22.4 Å². The van der Waals surface area contributed by atoms with Gasteiger partial charge in [-0.1, -0.05) is 22.2 Å². The lowest BCUT2D eigenvalue weighted by molar-refractivity contribution is 0.0468. The molecule has 0 amide bonds. The number of ether oxygens (including phenoxy) is 1. The second-order valence-corrected chi connectivity index (χ2v) is 5.10. The molecule has 0 radical (unpaired) electrons. The van der Waals surface area contributed by atoms with E-state index in [2.05, 4.69) is 19.8 Å². The maximum atomic E-state index is 11.9. The molecule has 96 valence electrons. The zero-order chi connectivity index (χ0) is 13.2. The van der Waals surface area contributed by atoms with Gasteiger partial charge in [0.15, 0.2) is 0 Å². The number of aromatic nitrogens is 4. The number of H-pyrrole nitrogens is 1. The summed E-state index contributed by atoms with van der Waals surface area (Å²) in [6.45, 7) is 0.00911. The summed E-state index contributed by atoms with van der Waals surface area (Å²) in [6, 6.07) is 5.17. The smallest absolute Gasteiger partial charge is 0.338 e. The van der Waals surface area contributed by atoms with Gasteiger partial charge in [-0.3, -0.25) is 5.10 Å². The molecule has 8 heteroatoms. The zero-order valence-electron chi connectivity index (χ0n) is 9.46. The summed E-state index contributed by atoms with van der Waals surface area (Å²) < 4.78 is 9.21. The lowest BCUT2D eigenvalue weighted by atomic mass is 10.2. The molecule has 0 spiro atoms. The van der Waals surface area contributed by atoms with Gasteiger partial charge in [-0.2, -0.15) is 5.10 Å². The molecule has 2 heterocycles. The van der Waals surface area contributed by atoms with Crippen molar-refractivity contribution in [1.82, 2.24) is 19.8 Å². The predicted octanol–water partition coefficient (Wildman–Crippen LogP) is 2.42. The van der Waals surface area contributed by atoms with Crippen molar-refractivity contribution in [2.24, 2.45) is 0 Å². The fourth-order valence-corrected chi connectivity index (χ4v) is 2.17. The Morgan fingerprint density at radius 1 is 1.47 bits per heavy atom. The molecule has 0 saturated carbocycles. The molecule has 0 fully saturated rings. The van der Waals surface area contributed by atoms with Crippen LogP contribution in [-0.2, 0) is 11.3 Å². The number of fused-ring (bicyclic) bond motifs is 1. The Labute approximate surface area is 116 Å². The number of aromatic amines is 1. The molecule has 0 saturated heterocycles. The molecular formula is C11H7ClN4O2S. The first-order valence-corrected chi connectivity index (χ1v) is 6.46. The van der Waals surface area contributed by atoms with Crippen LogP contribution in [0.5, 0.6) is 0 Å². The standard InChI is InChI=1S/C11H7ClN4O2S/c12-10-9(15-16-19-10)5-18-11(17)6-1-2-7-4-13-14-8(7)3-6/h1-4H,5H2,(H,13,14). The molecule has 1 aromatic carbocycles. The molecule has 0 aliphatic rings. The lowest BCUT2D eigenvalue weighted by Gasteiger charge is -2.02. The van der Waals surface area contributed by atoms with E-state index in [1.165, 1.54) is 0 Å². The van der Waals surface area contributed by atoms with Crippen molar-refractivity contribution in [3.8, 4) is 0 Å². The first-order chi connectivity index (χ1) is 9.24. The van der Waals surface area contributed by atoms with E-state index in [4.69, 9.17) is 16.3 Å². The normalized spacial score (nSPS) is 10.8. The predicted molar refractivity (Wildman–Crippen MR) is 70.1 cm³/mol. The topological polar surface area (TPSA) is 80.8 Å². The Balaban J connectivity index is 1.74. The number of carbonyl (C=O) groups excluding carboxylic acids is 1. The summed E-state index contributed by atoms with van der Waals surface area (Å²) in [5.41, 5.74) is 1.68. The highest BCUT2D eigenvalue weighted by atomic mass is 35.5. The average molecular weight is 295 g/mol. The van der Waals surface area contributed by atoms with E-state index in [1.807, 2.05) is 0 Å². The van der Waals surface area contributed by atoms with E-state index in [1.54, 1.807) is 24.4 Å². The second kappa shape index (κ2) is 4.94. The van der Waals surface area contributed by atoms with Gasteiger partial charge in [0.2, 0.25) is 0 Å². The fraction of sp³-hybridized carbons (Fsp3) is 0.0909. The maximum Gasteiger partial charge on any atom is 0.338 e. The maximum absolute atomic E-state index is 11.9.